The van der Waals surface area contributed by atoms with Crippen molar-refractivity contribution in [2.75, 3.05) is 25.0 Å². The molecule has 0 aliphatic rings. The van der Waals surface area contributed by atoms with Crippen molar-refractivity contribution in [2.45, 2.75) is 40.2 Å². The van der Waals surface area contributed by atoms with Crippen LogP contribution in [0.2, 0.25) is 0 Å². The zero-order valence-corrected chi connectivity index (χ0v) is 21.9. The molecule has 198 valence electrons. The van der Waals surface area contributed by atoms with E-state index in [1.807, 2.05) is 27.7 Å². The molecule has 0 saturated carbocycles. The summed E-state index contributed by atoms with van der Waals surface area (Å²) in [6.07, 6.45) is 1.95. The second-order valence-corrected chi connectivity index (χ2v) is 8.64. The van der Waals surface area contributed by atoms with Gasteiger partial charge >= 0.3 is 0 Å². The average molecular weight is 512 g/mol. The molecule has 3 rings (SSSR count). The summed E-state index contributed by atoms with van der Waals surface area (Å²) < 4.78 is 21.6. The molecule has 0 saturated heterocycles. The van der Waals surface area contributed by atoms with Gasteiger partial charge < -0.3 is 20.4 Å². The Morgan fingerprint density at radius 1 is 1.19 bits per heavy atom. The molecule has 1 heterocycles. The molecule has 0 radical (unpaired) electrons. The highest BCUT2D eigenvalue weighted by molar-refractivity contribution is 6.03. The zero-order chi connectivity index (χ0) is 27.1. The van der Waals surface area contributed by atoms with E-state index in [0.29, 0.717) is 42.0 Å². The van der Waals surface area contributed by atoms with Gasteiger partial charge in [-0.1, -0.05) is 6.92 Å². The normalized spacial score (nSPS) is 11.0. The molecular weight excluding hydrogens is 477 g/mol. The smallest absolute Gasteiger partial charge is 0.291 e. The number of hydrogen-bond donors (Lipinski definition) is 2. The molecule has 2 aromatic carbocycles. The van der Waals surface area contributed by atoms with Gasteiger partial charge in [0.2, 0.25) is 0 Å². The number of hydroxylamine groups is 2. The summed E-state index contributed by atoms with van der Waals surface area (Å²) in [4.78, 5) is 35.6. The molecule has 0 atom stereocenters. The van der Waals surface area contributed by atoms with E-state index in [9.17, 15) is 14.0 Å². The Bertz CT molecular complexity index is 1260. The number of hydrogen-bond acceptors (Lipinski definition) is 6. The molecule has 9 nitrogen and oxygen atoms in total. The van der Waals surface area contributed by atoms with E-state index in [2.05, 4.69) is 10.3 Å². The molecule has 0 unspecified atom stereocenters. The van der Waals surface area contributed by atoms with Crippen LogP contribution in [0, 0.1) is 5.82 Å². The molecule has 0 aliphatic heterocycles. The van der Waals surface area contributed by atoms with Crippen molar-refractivity contribution in [3.8, 4) is 17.0 Å². The molecule has 2 amide bonds. The minimum atomic E-state index is -0.491. The summed E-state index contributed by atoms with van der Waals surface area (Å²) in [5.74, 6) is -0.868. The van der Waals surface area contributed by atoms with Crippen LogP contribution < -0.4 is 15.8 Å². The van der Waals surface area contributed by atoms with Gasteiger partial charge in [-0.25, -0.2) is 14.4 Å². The monoisotopic (exact) mass is 511 g/mol. The second kappa shape index (κ2) is 12.5. The SMILES string of the molecule is CCc1cc(NC(=O)c2ncc(-c3ccc(OC(C)C)c(F)c3)n2C)ccc1C(=O)N(CC)OCCN. The van der Waals surface area contributed by atoms with Gasteiger partial charge in [0.1, 0.15) is 0 Å². The first kappa shape index (κ1) is 27.8. The Morgan fingerprint density at radius 3 is 2.57 bits per heavy atom. The van der Waals surface area contributed by atoms with Crippen LogP contribution in [0.1, 0.15) is 54.2 Å². The van der Waals surface area contributed by atoms with Gasteiger partial charge in [0.15, 0.2) is 17.4 Å². The molecule has 0 bridgehead atoms. The maximum atomic E-state index is 14.5. The fourth-order valence-corrected chi connectivity index (χ4v) is 3.85. The number of halogens is 1. The van der Waals surface area contributed by atoms with E-state index in [1.54, 1.807) is 41.9 Å². The lowest BCUT2D eigenvalue weighted by Gasteiger charge is -2.21. The first-order valence-electron chi connectivity index (χ1n) is 12.3. The van der Waals surface area contributed by atoms with E-state index in [0.717, 1.165) is 5.56 Å². The number of carbonyl (C=O) groups is 2. The first-order chi connectivity index (χ1) is 17.7. The molecule has 0 spiro atoms. The van der Waals surface area contributed by atoms with Crippen molar-refractivity contribution in [3.05, 3.63) is 65.4 Å². The molecule has 37 heavy (non-hydrogen) atoms. The van der Waals surface area contributed by atoms with Crippen molar-refractivity contribution in [2.24, 2.45) is 12.8 Å². The van der Waals surface area contributed by atoms with Crippen molar-refractivity contribution < 1.29 is 23.6 Å². The number of rotatable bonds is 11. The van der Waals surface area contributed by atoms with Gasteiger partial charge in [-0.2, -0.15) is 0 Å². The fourth-order valence-electron chi connectivity index (χ4n) is 3.85. The van der Waals surface area contributed by atoms with Gasteiger partial charge in [0, 0.05) is 37.0 Å². The third kappa shape index (κ3) is 6.52. The predicted octanol–water partition coefficient (Wildman–Crippen LogP) is 4.18. The Hall–Kier alpha value is -3.76. The summed E-state index contributed by atoms with van der Waals surface area (Å²) in [5.41, 5.74) is 8.40. The van der Waals surface area contributed by atoms with Crippen LogP contribution in [0.25, 0.3) is 11.3 Å². The Balaban J connectivity index is 1.79. The summed E-state index contributed by atoms with van der Waals surface area (Å²) in [7, 11) is 1.69. The quantitative estimate of drug-likeness (QED) is 0.374. The third-order valence-corrected chi connectivity index (χ3v) is 5.63. The number of carbonyl (C=O) groups excluding carboxylic acids is 2. The maximum Gasteiger partial charge on any atom is 0.291 e. The van der Waals surface area contributed by atoms with Crippen molar-refractivity contribution in [1.29, 1.82) is 0 Å². The molecule has 1 aromatic heterocycles. The number of nitrogens with one attached hydrogen (secondary N) is 1. The number of imidazole rings is 1. The van der Waals surface area contributed by atoms with E-state index in [4.69, 9.17) is 15.3 Å². The Morgan fingerprint density at radius 2 is 1.95 bits per heavy atom. The van der Waals surface area contributed by atoms with Gasteiger partial charge in [-0.15, -0.1) is 0 Å². The molecule has 0 fully saturated rings. The van der Waals surface area contributed by atoms with Crippen LogP contribution in [-0.4, -0.2) is 52.2 Å². The number of ether oxygens (including phenoxy) is 1. The highest BCUT2D eigenvalue weighted by atomic mass is 19.1. The lowest BCUT2D eigenvalue weighted by atomic mass is 10.0. The fraction of sp³-hybridized carbons (Fsp3) is 0.370. The lowest BCUT2D eigenvalue weighted by molar-refractivity contribution is -0.117. The van der Waals surface area contributed by atoms with Crippen LogP contribution >= 0.6 is 0 Å². The first-order valence-corrected chi connectivity index (χ1v) is 12.3. The number of benzene rings is 2. The molecule has 10 heteroatoms. The number of aryl methyl sites for hydroxylation is 1. The topological polar surface area (TPSA) is 112 Å². The van der Waals surface area contributed by atoms with Gasteiger partial charge in [0.05, 0.1) is 24.6 Å². The van der Waals surface area contributed by atoms with Gasteiger partial charge in [-0.3, -0.25) is 14.4 Å². The zero-order valence-electron chi connectivity index (χ0n) is 21.9. The molecular formula is C27H34FN5O4. The van der Waals surface area contributed by atoms with E-state index in [-0.39, 0.29) is 30.2 Å². The number of aromatic nitrogens is 2. The lowest BCUT2D eigenvalue weighted by Crippen LogP contribution is -2.33. The Labute approximate surface area is 216 Å². The van der Waals surface area contributed by atoms with Gasteiger partial charge in [0.25, 0.3) is 11.8 Å². The van der Waals surface area contributed by atoms with Crippen LogP contribution in [0.5, 0.6) is 5.75 Å². The molecule has 0 aliphatic carbocycles. The minimum absolute atomic E-state index is 0.150. The summed E-state index contributed by atoms with van der Waals surface area (Å²) in [6.45, 7) is 8.31. The highest BCUT2D eigenvalue weighted by Crippen LogP contribution is 2.27. The number of amides is 2. The van der Waals surface area contributed by atoms with Crippen LogP contribution in [0.3, 0.4) is 0 Å². The number of nitrogens with two attached hydrogens (primary N) is 1. The van der Waals surface area contributed by atoms with Gasteiger partial charge in [-0.05, 0) is 69.2 Å². The molecule has 3 aromatic rings. The van der Waals surface area contributed by atoms with Crippen molar-refractivity contribution >= 4 is 17.5 Å². The van der Waals surface area contributed by atoms with E-state index < -0.39 is 11.7 Å². The highest BCUT2D eigenvalue weighted by Gasteiger charge is 2.20. The van der Waals surface area contributed by atoms with Crippen LogP contribution in [0.15, 0.2) is 42.6 Å². The minimum Gasteiger partial charge on any atom is -0.488 e. The van der Waals surface area contributed by atoms with Crippen LogP contribution in [-0.2, 0) is 18.3 Å². The number of anilines is 1. The maximum absolute atomic E-state index is 14.5. The van der Waals surface area contributed by atoms with Crippen LogP contribution in [0.4, 0.5) is 10.1 Å². The van der Waals surface area contributed by atoms with Crippen molar-refractivity contribution in [3.63, 3.8) is 0 Å². The van der Waals surface area contributed by atoms with E-state index in [1.165, 1.54) is 17.3 Å². The summed E-state index contributed by atoms with van der Waals surface area (Å²) >= 11 is 0. The Kier molecular flexibility index (Phi) is 9.37. The standard InChI is InChI=1S/C27H34FN5O4/c1-6-18-14-20(9-10-21(18)27(35)33(7-2)36-13-12-29)31-26(34)25-30-16-23(32(25)5)19-8-11-24(22(28)15-19)37-17(3)4/h8-11,14-17H,6-7,12-13,29H2,1-5H3,(H,31,34). The number of nitrogens with zero attached hydrogens (tertiary/aromatic N) is 3. The average Bonchev–Trinajstić information content (AvgIpc) is 3.26. The summed E-state index contributed by atoms with van der Waals surface area (Å²) in [5, 5.41) is 4.11. The largest absolute Gasteiger partial charge is 0.488 e. The predicted molar refractivity (Wildman–Crippen MR) is 140 cm³/mol. The second-order valence-electron chi connectivity index (χ2n) is 8.64. The van der Waals surface area contributed by atoms with Crippen molar-refractivity contribution in [1.82, 2.24) is 14.6 Å². The third-order valence-electron chi connectivity index (χ3n) is 5.63. The molecule has 3 N–H and O–H groups in total. The van der Waals surface area contributed by atoms with E-state index >= 15 is 0 Å². The summed E-state index contributed by atoms with van der Waals surface area (Å²) in [6, 6.07) is 9.73.